The van der Waals surface area contributed by atoms with E-state index in [1.54, 1.807) is 18.1 Å². The first-order chi connectivity index (χ1) is 17.1. The quantitative estimate of drug-likeness (QED) is 0.306. The predicted molar refractivity (Wildman–Crippen MR) is 137 cm³/mol. The molecule has 172 valence electrons. The molecule has 0 aliphatic carbocycles. The van der Waals surface area contributed by atoms with Gasteiger partial charge in [-0.05, 0) is 53.1 Å². The Kier molecular flexibility index (Phi) is 5.19. The van der Waals surface area contributed by atoms with Gasteiger partial charge in [0.15, 0.2) is 5.78 Å². The molecule has 0 aromatic heterocycles. The van der Waals surface area contributed by atoms with E-state index in [9.17, 15) is 9.59 Å². The average molecular weight is 480 g/mol. The number of ether oxygens (including phenoxy) is 1. The van der Waals surface area contributed by atoms with Gasteiger partial charge in [-0.1, -0.05) is 72.3 Å². The van der Waals surface area contributed by atoms with Crippen LogP contribution in [0.15, 0.2) is 97.1 Å². The van der Waals surface area contributed by atoms with E-state index in [1.165, 1.54) is 0 Å². The topological polar surface area (TPSA) is 46.6 Å². The molecule has 0 saturated carbocycles. The molecule has 4 aromatic rings. The summed E-state index contributed by atoms with van der Waals surface area (Å²) in [6.45, 7) is 0. The summed E-state index contributed by atoms with van der Waals surface area (Å²) in [5.74, 6) is -0.193. The van der Waals surface area contributed by atoms with Gasteiger partial charge in [0.25, 0.3) is 5.91 Å². The zero-order valence-electron chi connectivity index (χ0n) is 19.0. The Balaban J connectivity index is 1.64. The van der Waals surface area contributed by atoms with Crippen molar-refractivity contribution in [3.63, 3.8) is 0 Å². The summed E-state index contributed by atoms with van der Waals surface area (Å²) in [6.07, 6.45) is 0. The number of rotatable bonds is 4. The molecule has 2 heterocycles. The van der Waals surface area contributed by atoms with Crippen LogP contribution in [0.4, 0.5) is 5.69 Å². The van der Waals surface area contributed by atoms with E-state index in [4.69, 9.17) is 16.3 Å². The average Bonchev–Trinajstić information content (AvgIpc) is 3.20. The number of amides is 1. The Hall–Kier alpha value is -3.89. The lowest BCUT2D eigenvalue weighted by Crippen LogP contribution is -2.43. The number of carbonyl (C=O) groups is 2. The van der Waals surface area contributed by atoms with Gasteiger partial charge in [0.05, 0.1) is 19.1 Å². The maximum absolute atomic E-state index is 14.3. The highest BCUT2D eigenvalue weighted by atomic mass is 35.5. The molecule has 0 saturated heterocycles. The van der Waals surface area contributed by atoms with Gasteiger partial charge < -0.3 is 4.74 Å². The molecule has 0 N–H and O–H groups in total. The van der Waals surface area contributed by atoms with Crippen LogP contribution in [0.25, 0.3) is 0 Å². The number of fused-ring (bicyclic) bond motifs is 5. The minimum atomic E-state index is -0.538. The van der Waals surface area contributed by atoms with Gasteiger partial charge in [0.1, 0.15) is 5.75 Å². The Morgan fingerprint density at radius 3 is 2.31 bits per heavy atom. The molecule has 5 heteroatoms. The highest BCUT2D eigenvalue weighted by Gasteiger charge is 2.52. The van der Waals surface area contributed by atoms with Crippen molar-refractivity contribution in [3.8, 4) is 5.75 Å². The first-order valence-electron chi connectivity index (χ1n) is 11.5. The Morgan fingerprint density at radius 2 is 1.57 bits per heavy atom. The van der Waals surface area contributed by atoms with Crippen molar-refractivity contribution in [1.29, 1.82) is 0 Å². The molecule has 0 spiro atoms. The molecule has 1 amide bonds. The number of hydrogen-bond acceptors (Lipinski definition) is 3. The van der Waals surface area contributed by atoms with Crippen molar-refractivity contribution in [2.24, 2.45) is 5.92 Å². The lowest BCUT2D eigenvalue weighted by molar-refractivity contribution is 0.0868. The van der Waals surface area contributed by atoms with Crippen molar-refractivity contribution < 1.29 is 14.3 Å². The summed E-state index contributed by atoms with van der Waals surface area (Å²) >= 11 is 6.48. The standard InChI is InChI=1S/C30H22ClNO3/c1-35-21-14-11-18(12-15-21)26-24-17-20(31)13-16-25(24)32-28(22-9-5-6-10-23(22)30(32)34)27(26)29(33)19-7-3-2-4-8-19/h2-17,26-28H,1H3/t26-,27+,28+/m1/s1. The largest absolute Gasteiger partial charge is 0.497 e. The normalized spacial score (nSPS) is 20.1. The van der Waals surface area contributed by atoms with E-state index in [1.807, 2.05) is 91.0 Å². The summed E-state index contributed by atoms with van der Waals surface area (Å²) in [5.41, 5.74) is 4.77. The van der Waals surface area contributed by atoms with Crippen LogP contribution in [0.3, 0.4) is 0 Å². The van der Waals surface area contributed by atoms with E-state index >= 15 is 0 Å². The number of Topliss-reactive ketones (excluding diaryl/α,β-unsaturated/α-hetero) is 1. The van der Waals surface area contributed by atoms with Crippen molar-refractivity contribution >= 4 is 29.0 Å². The fourth-order valence-corrected chi connectivity index (χ4v) is 5.80. The SMILES string of the molecule is COc1ccc([C@@H]2c3cc(Cl)ccc3N3C(=O)c4ccccc4[C@H]3[C@H]2C(=O)c2ccccc2)cc1. The van der Waals surface area contributed by atoms with E-state index in [0.717, 1.165) is 28.1 Å². The number of benzene rings is 4. The number of anilines is 1. The molecule has 2 aliphatic heterocycles. The van der Waals surface area contributed by atoms with Gasteiger partial charge in [-0.25, -0.2) is 0 Å². The Bertz CT molecular complexity index is 1450. The molecule has 4 nitrogen and oxygen atoms in total. The third kappa shape index (κ3) is 3.36. The Morgan fingerprint density at radius 1 is 0.857 bits per heavy atom. The van der Waals surface area contributed by atoms with Crippen molar-refractivity contribution in [2.45, 2.75) is 12.0 Å². The summed E-state index contributed by atoms with van der Waals surface area (Å²) in [5, 5.41) is 0.566. The van der Waals surface area contributed by atoms with Crippen LogP contribution in [0.2, 0.25) is 5.02 Å². The third-order valence-corrected chi connectivity index (χ3v) is 7.36. The summed E-state index contributed by atoms with van der Waals surface area (Å²) in [7, 11) is 1.63. The molecule has 3 atom stereocenters. The minimum Gasteiger partial charge on any atom is -0.497 e. The number of nitrogens with zero attached hydrogens (tertiary/aromatic N) is 1. The van der Waals surface area contributed by atoms with Crippen molar-refractivity contribution in [2.75, 3.05) is 12.0 Å². The van der Waals surface area contributed by atoms with Crippen LogP contribution in [-0.4, -0.2) is 18.8 Å². The van der Waals surface area contributed by atoms with E-state index in [2.05, 4.69) is 0 Å². The minimum absolute atomic E-state index is 0.00320. The number of halogens is 1. The van der Waals surface area contributed by atoms with Crippen LogP contribution >= 0.6 is 11.6 Å². The predicted octanol–water partition coefficient (Wildman–Crippen LogP) is 6.69. The van der Waals surface area contributed by atoms with Gasteiger partial charge in [-0.15, -0.1) is 0 Å². The van der Waals surface area contributed by atoms with Gasteiger partial charge in [0.2, 0.25) is 0 Å². The molecule has 2 aliphatic rings. The lowest BCUT2D eigenvalue weighted by Gasteiger charge is -2.43. The number of carbonyl (C=O) groups excluding carboxylic acids is 2. The summed E-state index contributed by atoms with van der Waals surface area (Å²) < 4.78 is 5.38. The first-order valence-corrected chi connectivity index (χ1v) is 11.9. The van der Waals surface area contributed by atoms with Crippen LogP contribution in [0.5, 0.6) is 5.75 Å². The zero-order chi connectivity index (χ0) is 24.1. The Labute approximate surface area is 208 Å². The molecular weight excluding hydrogens is 458 g/mol. The molecule has 35 heavy (non-hydrogen) atoms. The van der Waals surface area contributed by atoms with Crippen LogP contribution in [-0.2, 0) is 0 Å². The molecular formula is C30H22ClNO3. The molecule has 0 unspecified atom stereocenters. The lowest BCUT2D eigenvalue weighted by atomic mass is 9.69. The van der Waals surface area contributed by atoms with Gasteiger partial charge >= 0.3 is 0 Å². The second-order valence-corrected chi connectivity index (χ2v) is 9.35. The molecule has 4 aromatic carbocycles. The fraction of sp³-hybridized carbons (Fsp3) is 0.133. The van der Waals surface area contributed by atoms with Gasteiger partial charge in [-0.3, -0.25) is 14.5 Å². The van der Waals surface area contributed by atoms with Crippen LogP contribution in [0, 0.1) is 5.92 Å². The zero-order valence-corrected chi connectivity index (χ0v) is 19.8. The first kappa shape index (κ1) is 21.6. The second kappa shape index (κ2) is 8.40. The van der Waals surface area contributed by atoms with Crippen molar-refractivity contribution in [1.82, 2.24) is 0 Å². The molecule has 0 bridgehead atoms. The smallest absolute Gasteiger partial charge is 0.259 e. The van der Waals surface area contributed by atoms with Crippen LogP contribution in [0.1, 0.15) is 49.4 Å². The summed E-state index contributed by atoms with van der Waals surface area (Å²) in [4.78, 5) is 29.7. The fourth-order valence-electron chi connectivity index (χ4n) is 5.62. The van der Waals surface area contributed by atoms with Crippen molar-refractivity contribution in [3.05, 3.63) is 130 Å². The molecule has 0 fully saturated rings. The molecule has 6 rings (SSSR count). The van der Waals surface area contributed by atoms with E-state index in [0.29, 0.717) is 16.1 Å². The number of ketones is 1. The highest BCUT2D eigenvalue weighted by Crippen LogP contribution is 2.56. The van der Waals surface area contributed by atoms with E-state index in [-0.39, 0.29) is 17.6 Å². The number of hydrogen-bond donors (Lipinski definition) is 0. The van der Waals surface area contributed by atoms with E-state index < -0.39 is 12.0 Å². The van der Waals surface area contributed by atoms with Gasteiger partial charge in [-0.2, -0.15) is 0 Å². The monoisotopic (exact) mass is 479 g/mol. The number of methoxy groups -OCH3 is 1. The van der Waals surface area contributed by atoms with Gasteiger partial charge in [0, 0.05) is 27.8 Å². The maximum Gasteiger partial charge on any atom is 0.259 e. The third-order valence-electron chi connectivity index (χ3n) is 7.13. The second-order valence-electron chi connectivity index (χ2n) is 8.92. The summed E-state index contributed by atoms with van der Waals surface area (Å²) in [6, 6.07) is 29.9. The highest BCUT2D eigenvalue weighted by molar-refractivity contribution is 6.31. The molecule has 0 radical (unpaired) electrons. The maximum atomic E-state index is 14.3. The van der Waals surface area contributed by atoms with Crippen LogP contribution < -0.4 is 9.64 Å².